The van der Waals surface area contributed by atoms with Crippen molar-refractivity contribution in [2.45, 2.75) is 63.0 Å². The van der Waals surface area contributed by atoms with E-state index in [4.69, 9.17) is 0 Å². The second-order valence-electron chi connectivity index (χ2n) is 6.73. The second-order valence-corrected chi connectivity index (χ2v) is 8.02. The highest BCUT2D eigenvalue weighted by Crippen LogP contribution is 2.39. The molecule has 0 spiro atoms. The molecule has 0 radical (unpaired) electrons. The molecule has 3 rings (SSSR count). The monoisotopic (exact) mass is 340 g/mol. The molecule has 1 aliphatic carbocycles. The van der Waals surface area contributed by atoms with Gasteiger partial charge in [0.05, 0.1) is 11.8 Å². The van der Waals surface area contributed by atoms with Crippen LogP contribution >= 0.6 is 11.8 Å². The Kier molecular flexibility index (Phi) is 7.47. The third-order valence-corrected chi connectivity index (χ3v) is 6.42. The first kappa shape index (κ1) is 18.4. The van der Waals surface area contributed by atoms with Gasteiger partial charge in [0.1, 0.15) is 0 Å². The summed E-state index contributed by atoms with van der Waals surface area (Å²) in [6.45, 7) is 0. The maximum absolute atomic E-state index is 11.7. The first-order valence-corrected chi connectivity index (χ1v) is 9.91. The van der Waals surface area contributed by atoms with Crippen LogP contribution in [0.2, 0.25) is 0 Å². The molecule has 2 N–H and O–H groups in total. The minimum atomic E-state index is -0.964. The van der Waals surface area contributed by atoms with E-state index in [0.29, 0.717) is 0 Å². The molecule has 4 unspecified atom stereocenters. The average Bonchev–Trinajstić information content (AvgIpc) is 2.52. The van der Waals surface area contributed by atoms with Gasteiger partial charge in [0.25, 0.3) is 0 Å². The van der Waals surface area contributed by atoms with Crippen LogP contribution in [0.3, 0.4) is 0 Å². The predicted molar refractivity (Wildman–Crippen MR) is 92.7 cm³/mol. The highest BCUT2D eigenvalue weighted by Gasteiger charge is 2.44. The van der Waals surface area contributed by atoms with Crippen molar-refractivity contribution in [3.8, 4) is 0 Å². The topological polar surface area (TPSA) is 74.6 Å². The Morgan fingerprint density at radius 1 is 0.783 bits per heavy atom. The van der Waals surface area contributed by atoms with E-state index in [1.807, 2.05) is 12.2 Å². The number of hydrogen-bond acceptors (Lipinski definition) is 3. The van der Waals surface area contributed by atoms with Crippen LogP contribution in [0.5, 0.6) is 0 Å². The van der Waals surface area contributed by atoms with E-state index in [9.17, 15) is 19.8 Å². The normalized spacial score (nSPS) is 33.6. The quantitative estimate of drug-likeness (QED) is 0.737. The lowest BCUT2D eigenvalue weighted by molar-refractivity contribution is -0.155. The standard InChI is InChI=1S/C18H28O4S/c19-17(20)15-13-9-7-5-3-1-2-4-6-8-12-23-14(11-10-13)16(15)18(21)22/h10-11,13-16H,1-9,12H2,(H,19,20)(H,21,22). The number of aliphatic carboxylic acids is 2. The lowest BCUT2D eigenvalue weighted by atomic mass is 9.73. The molecule has 1 fully saturated rings. The van der Waals surface area contributed by atoms with E-state index < -0.39 is 23.8 Å². The Morgan fingerprint density at radius 3 is 1.96 bits per heavy atom. The first-order valence-electron chi connectivity index (χ1n) is 8.87. The first-order chi connectivity index (χ1) is 11.1. The molecule has 1 saturated heterocycles. The predicted octanol–water partition coefficient (Wildman–Crippen LogP) is 4.20. The summed E-state index contributed by atoms with van der Waals surface area (Å²) < 4.78 is 0. The third-order valence-electron chi connectivity index (χ3n) is 5.06. The van der Waals surface area contributed by atoms with Crippen LogP contribution in [0.1, 0.15) is 57.8 Å². The van der Waals surface area contributed by atoms with Crippen LogP contribution in [-0.4, -0.2) is 33.2 Å². The summed E-state index contributed by atoms with van der Waals surface area (Å²) >= 11 is 1.62. The smallest absolute Gasteiger partial charge is 0.308 e. The van der Waals surface area contributed by atoms with Crippen molar-refractivity contribution >= 4 is 23.7 Å². The number of hydrogen-bond donors (Lipinski definition) is 2. The average molecular weight is 340 g/mol. The SMILES string of the molecule is O=C(O)C1C2C=CC(SCCCCCCCCCC2)C1C(=O)O. The van der Waals surface area contributed by atoms with Gasteiger partial charge in [-0.15, -0.1) is 0 Å². The summed E-state index contributed by atoms with van der Waals surface area (Å²) in [5.74, 6) is -2.75. The molecule has 4 atom stereocenters. The fourth-order valence-electron chi connectivity index (χ4n) is 3.79. The van der Waals surface area contributed by atoms with Gasteiger partial charge in [-0.25, -0.2) is 0 Å². The fourth-order valence-corrected chi connectivity index (χ4v) is 5.13. The molecule has 0 aromatic carbocycles. The second kappa shape index (κ2) is 9.36. The van der Waals surface area contributed by atoms with Crippen LogP contribution in [0.4, 0.5) is 0 Å². The number of allylic oxidation sites excluding steroid dienone is 1. The highest BCUT2D eigenvalue weighted by molar-refractivity contribution is 8.00. The van der Waals surface area contributed by atoms with E-state index in [1.54, 1.807) is 11.8 Å². The Labute approximate surface area is 142 Å². The van der Waals surface area contributed by atoms with Gasteiger partial charge in [-0.05, 0) is 24.5 Å². The summed E-state index contributed by atoms with van der Waals surface area (Å²) in [6.07, 6.45) is 14.1. The zero-order chi connectivity index (χ0) is 16.7. The zero-order valence-corrected chi connectivity index (χ0v) is 14.5. The van der Waals surface area contributed by atoms with Crippen molar-refractivity contribution in [1.82, 2.24) is 0 Å². The van der Waals surface area contributed by atoms with Crippen LogP contribution < -0.4 is 0 Å². The number of carboxylic acids is 2. The molecule has 3 aliphatic rings. The van der Waals surface area contributed by atoms with Crippen LogP contribution in [0, 0.1) is 17.8 Å². The van der Waals surface area contributed by atoms with Gasteiger partial charge >= 0.3 is 11.9 Å². The molecule has 5 heteroatoms. The molecular formula is C18H28O4S. The van der Waals surface area contributed by atoms with Gasteiger partial charge < -0.3 is 10.2 Å². The van der Waals surface area contributed by atoms with Gasteiger partial charge in [0.2, 0.25) is 0 Å². The van der Waals surface area contributed by atoms with E-state index in [2.05, 4.69) is 0 Å². The maximum Gasteiger partial charge on any atom is 0.308 e. The molecule has 2 aliphatic heterocycles. The third kappa shape index (κ3) is 5.27. The van der Waals surface area contributed by atoms with Gasteiger partial charge in [-0.3, -0.25) is 9.59 Å². The van der Waals surface area contributed by atoms with E-state index in [0.717, 1.165) is 31.4 Å². The largest absolute Gasteiger partial charge is 0.481 e. The van der Waals surface area contributed by atoms with E-state index >= 15 is 0 Å². The number of rotatable bonds is 2. The molecule has 0 aromatic heterocycles. The van der Waals surface area contributed by atoms with Crippen LogP contribution in [0.25, 0.3) is 0 Å². The van der Waals surface area contributed by atoms with Crippen molar-refractivity contribution in [2.24, 2.45) is 17.8 Å². The van der Waals surface area contributed by atoms with Crippen molar-refractivity contribution < 1.29 is 19.8 Å². The number of thioether (sulfide) groups is 1. The molecule has 2 heterocycles. The van der Waals surface area contributed by atoms with E-state index in [-0.39, 0.29) is 11.2 Å². The summed E-state index contributed by atoms with van der Waals surface area (Å²) in [6, 6.07) is 0. The molecule has 23 heavy (non-hydrogen) atoms. The number of carboxylic acid groups (broad SMARTS) is 2. The molecule has 4 nitrogen and oxygen atoms in total. The summed E-state index contributed by atoms with van der Waals surface area (Å²) in [7, 11) is 0. The van der Waals surface area contributed by atoms with Gasteiger partial charge in [-0.2, -0.15) is 11.8 Å². The molecule has 2 bridgehead atoms. The van der Waals surface area contributed by atoms with Crippen LogP contribution in [-0.2, 0) is 9.59 Å². The molecule has 0 saturated carbocycles. The fraction of sp³-hybridized carbons (Fsp3) is 0.778. The summed E-state index contributed by atoms with van der Waals surface area (Å²) in [5, 5.41) is 19.0. The molecule has 130 valence electrons. The zero-order valence-electron chi connectivity index (χ0n) is 13.7. The summed E-state index contributed by atoms with van der Waals surface area (Å²) in [5.41, 5.74) is 0. The van der Waals surface area contributed by atoms with Crippen molar-refractivity contribution in [3.63, 3.8) is 0 Å². The van der Waals surface area contributed by atoms with Crippen molar-refractivity contribution in [2.75, 3.05) is 5.75 Å². The van der Waals surface area contributed by atoms with Gasteiger partial charge in [0, 0.05) is 5.25 Å². The van der Waals surface area contributed by atoms with E-state index in [1.165, 1.54) is 32.1 Å². The van der Waals surface area contributed by atoms with Gasteiger partial charge in [-0.1, -0.05) is 57.1 Å². The lowest BCUT2D eigenvalue weighted by Gasteiger charge is -2.34. The Bertz CT molecular complexity index is 397. The Hall–Kier alpha value is -0.970. The molecule has 0 aromatic rings. The molecular weight excluding hydrogens is 312 g/mol. The maximum atomic E-state index is 11.7. The number of carbonyl (C=O) groups is 2. The van der Waals surface area contributed by atoms with Crippen molar-refractivity contribution in [1.29, 1.82) is 0 Å². The highest BCUT2D eigenvalue weighted by atomic mass is 32.2. The van der Waals surface area contributed by atoms with Crippen LogP contribution in [0.15, 0.2) is 12.2 Å². The Morgan fingerprint density at radius 2 is 1.35 bits per heavy atom. The summed E-state index contributed by atoms with van der Waals surface area (Å²) in [4.78, 5) is 23.5. The lowest BCUT2D eigenvalue weighted by Crippen LogP contribution is -2.42. The molecule has 0 amide bonds. The Balaban J connectivity index is 2.16. The van der Waals surface area contributed by atoms with Crippen molar-refractivity contribution in [3.05, 3.63) is 12.2 Å². The number of fused-ring (bicyclic) bond motifs is 11. The van der Waals surface area contributed by atoms with Gasteiger partial charge in [0.15, 0.2) is 0 Å². The minimum absolute atomic E-state index is 0.143. The minimum Gasteiger partial charge on any atom is -0.481 e.